The van der Waals surface area contributed by atoms with Crippen LogP contribution in [0, 0.1) is 0 Å². The molecule has 0 bridgehead atoms. The van der Waals surface area contributed by atoms with Crippen molar-refractivity contribution in [2.24, 2.45) is 0 Å². The fourth-order valence-electron chi connectivity index (χ4n) is 4.56. The highest BCUT2D eigenvalue weighted by Crippen LogP contribution is 2.32. The zero-order valence-electron chi connectivity index (χ0n) is 17.8. The fraction of sp³-hybridized carbons (Fsp3) is 0.500. The van der Waals surface area contributed by atoms with Crippen LogP contribution in [-0.2, 0) is 28.7 Å². The smallest absolute Gasteiger partial charge is 0.347 e. The molecular weight excluding hydrogens is 441 g/mol. The lowest BCUT2D eigenvalue weighted by Crippen LogP contribution is -2.47. The molecule has 4 heterocycles. The molecule has 0 atom stereocenters. The van der Waals surface area contributed by atoms with Crippen LogP contribution in [0.3, 0.4) is 0 Å². The van der Waals surface area contributed by atoms with Crippen molar-refractivity contribution >= 4 is 11.8 Å². The Labute approximate surface area is 187 Å². The van der Waals surface area contributed by atoms with Gasteiger partial charge in [-0.1, -0.05) is 12.1 Å². The lowest BCUT2D eigenvalue weighted by Gasteiger charge is -2.37. The lowest BCUT2D eigenvalue weighted by molar-refractivity contribution is -0.181. The SMILES string of the molecule is O=C(c1cc2n(n1)CCN(Cc1cccc(C(F)(F)F)c1)C2=O)N1CCC2(CC1)OCCO2. The Balaban J connectivity index is 1.27. The van der Waals surface area contributed by atoms with E-state index in [2.05, 4.69) is 5.10 Å². The summed E-state index contributed by atoms with van der Waals surface area (Å²) in [5.41, 5.74) is 0.0797. The van der Waals surface area contributed by atoms with Gasteiger partial charge in [0, 0.05) is 45.1 Å². The van der Waals surface area contributed by atoms with Crippen molar-refractivity contribution in [3.05, 3.63) is 52.8 Å². The van der Waals surface area contributed by atoms with Gasteiger partial charge in [-0.05, 0) is 17.7 Å². The van der Waals surface area contributed by atoms with Crippen LogP contribution in [0.4, 0.5) is 13.2 Å². The van der Waals surface area contributed by atoms with E-state index in [4.69, 9.17) is 9.47 Å². The summed E-state index contributed by atoms with van der Waals surface area (Å²) in [6.45, 7) is 2.75. The van der Waals surface area contributed by atoms with Gasteiger partial charge in [0.05, 0.1) is 25.3 Å². The molecule has 0 N–H and O–H groups in total. The summed E-state index contributed by atoms with van der Waals surface area (Å²) in [5.74, 6) is -1.22. The quantitative estimate of drug-likeness (QED) is 0.698. The third kappa shape index (κ3) is 4.22. The monoisotopic (exact) mass is 464 g/mol. The van der Waals surface area contributed by atoms with E-state index >= 15 is 0 Å². The number of aromatic nitrogens is 2. The lowest BCUT2D eigenvalue weighted by atomic mass is 10.0. The maximum Gasteiger partial charge on any atom is 0.416 e. The summed E-state index contributed by atoms with van der Waals surface area (Å²) in [7, 11) is 0. The molecule has 1 aromatic carbocycles. The molecule has 0 saturated carbocycles. The predicted octanol–water partition coefficient (Wildman–Crippen LogP) is 2.54. The Morgan fingerprint density at radius 3 is 2.48 bits per heavy atom. The standard InChI is InChI=1S/C22H23F3N4O4/c23-22(24,25)16-3-1-2-15(12-16)14-28-8-9-29-18(20(28)31)13-17(26-29)19(30)27-6-4-21(5-7-27)32-10-11-33-21/h1-3,12-13H,4-11,14H2. The van der Waals surface area contributed by atoms with Crippen molar-refractivity contribution in [3.8, 4) is 0 Å². The van der Waals surface area contributed by atoms with Crippen LogP contribution in [0.25, 0.3) is 0 Å². The molecule has 0 radical (unpaired) electrons. The van der Waals surface area contributed by atoms with Gasteiger partial charge in [-0.2, -0.15) is 18.3 Å². The molecular formula is C22H23F3N4O4. The topological polar surface area (TPSA) is 76.9 Å². The van der Waals surface area contributed by atoms with E-state index in [1.165, 1.54) is 21.7 Å². The first-order valence-electron chi connectivity index (χ1n) is 10.8. The van der Waals surface area contributed by atoms with Gasteiger partial charge in [-0.15, -0.1) is 0 Å². The van der Waals surface area contributed by atoms with Gasteiger partial charge in [-0.3, -0.25) is 14.3 Å². The maximum atomic E-state index is 13.0. The molecule has 8 nitrogen and oxygen atoms in total. The van der Waals surface area contributed by atoms with Crippen LogP contribution in [0.2, 0.25) is 0 Å². The number of alkyl halides is 3. The summed E-state index contributed by atoms with van der Waals surface area (Å²) in [5, 5.41) is 4.32. The minimum absolute atomic E-state index is 0.0470. The van der Waals surface area contributed by atoms with Crippen molar-refractivity contribution < 1.29 is 32.2 Å². The number of ether oxygens (including phenoxy) is 2. The van der Waals surface area contributed by atoms with Crippen molar-refractivity contribution in [2.45, 2.75) is 37.9 Å². The van der Waals surface area contributed by atoms with Crippen LogP contribution < -0.4 is 0 Å². The number of benzene rings is 1. The number of fused-ring (bicyclic) bond motifs is 1. The molecule has 1 spiro atoms. The van der Waals surface area contributed by atoms with Crippen LogP contribution in [-0.4, -0.2) is 70.0 Å². The average Bonchev–Trinajstić information content (AvgIpc) is 3.43. The van der Waals surface area contributed by atoms with Gasteiger partial charge in [0.1, 0.15) is 5.69 Å². The van der Waals surface area contributed by atoms with Gasteiger partial charge in [-0.25, -0.2) is 0 Å². The second-order valence-corrected chi connectivity index (χ2v) is 8.46. The van der Waals surface area contributed by atoms with E-state index < -0.39 is 17.5 Å². The molecule has 2 fully saturated rings. The second-order valence-electron chi connectivity index (χ2n) is 8.46. The second kappa shape index (κ2) is 8.14. The van der Waals surface area contributed by atoms with Crippen molar-refractivity contribution in [2.75, 3.05) is 32.8 Å². The number of hydrogen-bond acceptors (Lipinski definition) is 5. The van der Waals surface area contributed by atoms with Crippen LogP contribution in [0.15, 0.2) is 30.3 Å². The van der Waals surface area contributed by atoms with E-state index in [0.717, 1.165) is 12.1 Å². The van der Waals surface area contributed by atoms with Crippen LogP contribution >= 0.6 is 0 Å². The molecule has 5 rings (SSSR count). The largest absolute Gasteiger partial charge is 0.416 e. The number of nitrogens with zero attached hydrogens (tertiary/aromatic N) is 4. The molecule has 2 amide bonds. The number of halogens is 3. The Morgan fingerprint density at radius 2 is 1.79 bits per heavy atom. The van der Waals surface area contributed by atoms with E-state index in [9.17, 15) is 22.8 Å². The summed E-state index contributed by atoms with van der Waals surface area (Å²) in [6.07, 6.45) is -3.29. The molecule has 176 valence electrons. The number of piperidine rings is 1. The Morgan fingerprint density at radius 1 is 1.06 bits per heavy atom. The van der Waals surface area contributed by atoms with E-state index in [1.807, 2.05) is 0 Å². The van der Waals surface area contributed by atoms with Crippen LogP contribution in [0.1, 0.15) is 44.9 Å². The molecule has 2 saturated heterocycles. The number of rotatable bonds is 3. The number of amides is 2. The number of hydrogen-bond donors (Lipinski definition) is 0. The highest BCUT2D eigenvalue weighted by Gasteiger charge is 2.41. The average molecular weight is 464 g/mol. The molecule has 1 aromatic heterocycles. The normalized spacial score (nSPS) is 20.4. The van der Waals surface area contributed by atoms with Gasteiger partial charge in [0.15, 0.2) is 11.5 Å². The molecule has 3 aliphatic heterocycles. The minimum Gasteiger partial charge on any atom is -0.347 e. The fourth-order valence-corrected chi connectivity index (χ4v) is 4.56. The first-order chi connectivity index (χ1) is 15.7. The summed E-state index contributed by atoms with van der Waals surface area (Å²) >= 11 is 0. The maximum absolute atomic E-state index is 13.0. The van der Waals surface area contributed by atoms with Gasteiger partial charge in [0.25, 0.3) is 11.8 Å². The van der Waals surface area contributed by atoms with Gasteiger partial charge in [0.2, 0.25) is 0 Å². The Kier molecular flexibility index (Phi) is 5.40. The Bertz CT molecular complexity index is 1070. The molecule has 0 aliphatic carbocycles. The highest BCUT2D eigenvalue weighted by molar-refractivity contribution is 5.98. The summed E-state index contributed by atoms with van der Waals surface area (Å²) < 4.78 is 51.9. The van der Waals surface area contributed by atoms with Crippen molar-refractivity contribution in [3.63, 3.8) is 0 Å². The first kappa shape index (κ1) is 21.9. The van der Waals surface area contributed by atoms with Crippen LogP contribution in [0.5, 0.6) is 0 Å². The first-order valence-corrected chi connectivity index (χ1v) is 10.8. The van der Waals surface area contributed by atoms with Gasteiger partial charge < -0.3 is 19.3 Å². The van der Waals surface area contributed by atoms with E-state index in [0.29, 0.717) is 51.3 Å². The van der Waals surface area contributed by atoms with Crippen molar-refractivity contribution in [1.29, 1.82) is 0 Å². The third-order valence-electron chi connectivity index (χ3n) is 6.34. The molecule has 33 heavy (non-hydrogen) atoms. The zero-order chi connectivity index (χ0) is 23.2. The van der Waals surface area contributed by atoms with E-state index in [1.54, 1.807) is 11.0 Å². The zero-order valence-corrected chi connectivity index (χ0v) is 17.8. The van der Waals surface area contributed by atoms with Gasteiger partial charge >= 0.3 is 6.18 Å². The molecule has 11 heteroatoms. The highest BCUT2D eigenvalue weighted by atomic mass is 19.4. The molecule has 2 aromatic rings. The predicted molar refractivity (Wildman–Crippen MR) is 108 cm³/mol. The summed E-state index contributed by atoms with van der Waals surface area (Å²) in [4.78, 5) is 29.1. The third-order valence-corrected chi connectivity index (χ3v) is 6.34. The minimum atomic E-state index is -4.44. The number of carbonyl (C=O) groups is 2. The van der Waals surface area contributed by atoms with Crippen molar-refractivity contribution in [1.82, 2.24) is 19.6 Å². The number of carbonyl (C=O) groups excluding carboxylic acids is 2. The molecule has 3 aliphatic rings. The summed E-state index contributed by atoms with van der Waals surface area (Å²) in [6, 6.07) is 6.41. The molecule has 0 unspecified atom stereocenters. The van der Waals surface area contributed by atoms with E-state index in [-0.39, 0.29) is 36.3 Å². The Hall–Kier alpha value is -2.92. The number of likely N-dealkylation sites (tertiary alicyclic amines) is 1.